The van der Waals surface area contributed by atoms with Crippen LogP contribution in [-0.2, 0) is 18.5 Å². The molecule has 0 aliphatic carbocycles. The second-order valence-corrected chi connectivity index (χ2v) is 6.09. The Labute approximate surface area is 134 Å². The van der Waals surface area contributed by atoms with Crippen molar-refractivity contribution in [3.63, 3.8) is 0 Å². The van der Waals surface area contributed by atoms with Gasteiger partial charge in [-0.05, 0) is 12.1 Å². The van der Waals surface area contributed by atoms with E-state index in [2.05, 4.69) is 35.0 Å². The first kappa shape index (κ1) is 16.1. The third-order valence-electron chi connectivity index (χ3n) is 3.61. The van der Waals surface area contributed by atoms with Gasteiger partial charge in [0.2, 0.25) is 5.89 Å². The molecule has 0 bridgehead atoms. The molecule has 5 nitrogen and oxygen atoms in total. The molecule has 0 atom stereocenters. The zero-order valence-corrected chi connectivity index (χ0v) is 13.5. The van der Waals surface area contributed by atoms with Crippen LogP contribution in [0.1, 0.15) is 31.1 Å². The molecule has 7 heteroatoms. The summed E-state index contributed by atoms with van der Waals surface area (Å²) in [6, 6.07) is 5.99. The first-order valence-electron chi connectivity index (χ1n) is 6.57. The predicted molar refractivity (Wildman–Crippen MR) is 85.0 cm³/mol. The van der Waals surface area contributed by atoms with Gasteiger partial charge in [-0.1, -0.05) is 36.7 Å². The minimum atomic E-state index is 0. The zero-order chi connectivity index (χ0) is 14.3. The SMILES string of the molecule is CC1(C)CN(Cc2noc(CN)n2)c2cccc(Cl)c21.Cl. The Hall–Kier alpha value is -1.30. The lowest BCUT2D eigenvalue weighted by atomic mass is 9.87. The van der Waals surface area contributed by atoms with E-state index >= 15 is 0 Å². The van der Waals surface area contributed by atoms with Crippen molar-refractivity contribution in [2.75, 3.05) is 11.4 Å². The van der Waals surface area contributed by atoms with E-state index in [1.54, 1.807) is 0 Å². The van der Waals surface area contributed by atoms with Gasteiger partial charge in [0.1, 0.15) is 0 Å². The van der Waals surface area contributed by atoms with E-state index in [1.807, 2.05) is 12.1 Å². The maximum atomic E-state index is 6.36. The van der Waals surface area contributed by atoms with Crippen molar-refractivity contribution in [2.45, 2.75) is 32.4 Å². The monoisotopic (exact) mass is 328 g/mol. The van der Waals surface area contributed by atoms with Crippen LogP contribution in [0.3, 0.4) is 0 Å². The summed E-state index contributed by atoms with van der Waals surface area (Å²) in [5, 5.41) is 4.76. The van der Waals surface area contributed by atoms with Gasteiger partial charge in [-0.2, -0.15) is 4.98 Å². The molecule has 0 fully saturated rings. The van der Waals surface area contributed by atoms with E-state index in [-0.39, 0.29) is 24.4 Å². The predicted octanol–water partition coefficient (Wildman–Crippen LogP) is 2.90. The number of aromatic nitrogens is 2. The molecule has 2 N–H and O–H groups in total. The molecular formula is C14H18Cl2N4O. The van der Waals surface area contributed by atoms with Gasteiger partial charge in [0.05, 0.1) is 13.1 Å². The van der Waals surface area contributed by atoms with E-state index < -0.39 is 0 Å². The van der Waals surface area contributed by atoms with Crippen LogP contribution in [0.25, 0.3) is 0 Å². The van der Waals surface area contributed by atoms with E-state index in [1.165, 1.54) is 5.56 Å². The van der Waals surface area contributed by atoms with Gasteiger partial charge in [0, 0.05) is 28.2 Å². The Morgan fingerprint density at radius 1 is 1.43 bits per heavy atom. The standard InChI is InChI=1S/C14H17ClN4O.ClH/c1-14(2)8-19(7-11-17-12(6-16)20-18-11)10-5-3-4-9(15)13(10)14;/h3-5H,6-8,16H2,1-2H3;1H. The fourth-order valence-corrected chi connectivity index (χ4v) is 3.26. The van der Waals surface area contributed by atoms with Crippen molar-refractivity contribution in [3.05, 3.63) is 40.5 Å². The molecule has 0 spiro atoms. The maximum Gasteiger partial charge on any atom is 0.240 e. The summed E-state index contributed by atoms with van der Waals surface area (Å²) < 4.78 is 5.05. The van der Waals surface area contributed by atoms with Crippen molar-refractivity contribution in [1.82, 2.24) is 10.1 Å². The summed E-state index contributed by atoms with van der Waals surface area (Å²) in [4.78, 5) is 6.49. The van der Waals surface area contributed by atoms with Gasteiger partial charge in [-0.15, -0.1) is 12.4 Å². The molecule has 2 aromatic rings. The Bertz CT molecular complexity index is 642. The fraction of sp³-hybridized carbons (Fsp3) is 0.429. The van der Waals surface area contributed by atoms with Crippen LogP contribution in [0.15, 0.2) is 22.7 Å². The Balaban J connectivity index is 0.00000161. The van der Waals surface area contributed by atoms with Gasteiger partial charge >= 0.3 is 0 Å². The number of anilines is 1. The van der Waals surface area contributed by atoms with Gasteiger partial charge in [-0.3, -0.25) is 0 Å². The van der Waals surface area contributed by atoms with E-state index in [9.17, 15) is 0 Å². The van der Waals surface area contributed by atoms with Gasteiger partial charge in [0.25, 0.3) is 0 Å². The molecule has 3 rings (SSSR count). The molecule has 1 aliphatic heterocycles. The summed E-state index contributed by atoms with van der Waals surface area (Å²) in [7, 11) is 0. The van der Waals surface area contributed by atoms with Crippen LogP contribution in [-0.4, -0.2) is 16.7 Å². The zero-order valence-electron chi connectivity index (χ0n) is 12.0. The molecule has 0 radical (unpaired) electrons. The average molecular weight is 329 g/mol. The summed E-state index contributed by atoms with van der Waals surface area (Å²) in [6.45, 7) is 6.12. The Morgan fingerprint density at radius 3 is 2.86 bits per heavy atom. The number of nitrogens with two attached hydrogens (primary N) is 1. The van der Waals surface area contributed by atoms with Crippen molar-refractivity contribution >= 4 is 29.7 Å². The lowest BCUT2D eigenvalue weighted by Crippen LogP contribution is -2.28. The summed E-state index contributed by atoms with van der Waals surface area (Å²) in [5.74, 6) is 1.11. The third kappa shape index (κ3) is 2.86. The highest BCUT2D eigenvalue weighted by atomic mass is 35.5. The lowest BCUT2D eigenvalue weighted by Gasteiger charge is -2.21. The second kappa shape index (κ2) is 5.83. The van der Waals surface area contributed by atoms with E-state index in [0.717, 1.165) is 17.3 Å². The van der Waals surface area contributed by atoms with Gasteiger partial charge in [-0.25, -0.2) is 0 Å². The third-order valence-corrected chi connectivity index (χ3v) is 3.93. The second-order valence-electron chi connectivity index (χ2n) is 5.68. The van der Waals surface area contributed by atoms with Crippen LogP contribution >= 0.6 is 24.0 Å². The van der Waals surface area contributed by atoms with Crippen LogP contribution in [0.2, 0.25) is 5.02 Å². The van der Waals surface area contributed by atoms with Crippen molar-refractivity contribution in [2.24, 2.45) is 5.73 Å². The first-order chi connectivity index (χ1) is 9.51. The maximum absolute atomic E-state index is 6.36. The smallest absolute Gasteiger partial charge is 0.240 e. The summed E-state index contributed by atoms with van der Waals surface area (Å²) >= 11 is 6.36. The Kier molecular flexibility index (Phi) is 4.46. The molecule has 1 aromatic heterocycles. The van der Waals surface area contributed by atoms with Crippen molar-refractivity contribution in [3.8, 4) is 0 Å². The minimum absolute atomic E-state index is 0. The first-order valence-corrected chi connectivity index (χ1v) is 6.94. The molecule has 114 valence electrons. The van der Waals surface area contributed by atoms with Crippen LogP contribution in [0, 0.1) is 0 Å². The molecule has 0 saturated heterocycles. The largest absolute Gasteiger partial charge is 0.363 e. The number of rotatable bonds is 3. The van der Waals surface area contributed by atoms with E-state index in [4.69, 9.17) is 21.9 Å². The molecular weight excluding hydrogens is 311 g/mol. The summed E-state index contributed by atoms with van der Waals surface area (Å²) in [6.07, 6.45) is 0. The highest BCUT2D eigenvalue weighted by Gasteiger charge is 2.37. The topological polar surface area (TPSA) is 68.2 Å². The number of benzene rings is 1. The van der Waals surface area contributed by atoms with Gasteiger partial charge in [0.15, 0.2) is 5.82 Å². The normalized spacial score (nSPS) is 15.7. The van der Waals surface area contributed by atoms with Crippen LogP contribution in [0.5, 0.6) is 0 Å². The van der Waals surface area contributed by atoms with Crippen LogP contribution < -0.4 is 10.6 Å². The number of halogens is 2. The van der Waals surface area contributed by atoms with Crippen LogP contribution in [0.4, 0.5) is 5.69 Å². The quantitative estimate of drug-likeness (QED) is 0.938. The fourth-order valence-electron chi connectivity index (χ4n) is 2.84. The number of hydrogen-bond acceptors (Lipinski definition) is 5. The highest BCUT2D eigenvalue weighted by Crippen LogP contribution is 2.44. The molecule has 2 heterocycles. The van der Waals surface area contributed by atoms with E-state index in [0.29, 0.717) is 18.3 Å². The number of fused-ring (bicyclic) bond motifs is 1. The molecule has 21 heavy (non-hydrogen) atoms. The number of hydrogen-bond donors (Lipinski definition) is 1. The average Bonchev–Trinajstić information content (AvgIpc) is 2.94. The van der Waals surface area contributed by atoms with Crippen molar-refractivity contribution in [1.29, 1.82) is 0 Å². The molecule has 0 unspecified atom stereocenters. The highest BCUT2D eigenvalue weighted by molar-refractivity contribution is 6.32. The molecule has 1 aliphatic rings. The van der Waals surface area contributed by atoms with Gasteiger partial charge < -0.3 is 15.2 Å². The minimum Gasteiger partial charge on any atom is -0.363 e. The summed E-state index contributed by atoms with van der Waals surface area (Å²) in [5.41, 5.74) is 7.82. The Morgan fingerprint density at radius 2 is 2.19 bits per heavy atom. The molecule has 1 aromatic carbocycles. The molecule has 0 saturated carbocycles. The lowest BCUT2D eigenvalue weighted by molar-refractivity contribution is 0.374. The van der Waals surface area contributed by atoms with Crippen molar-refractivity contribution < 1.29 is 4.52 Å². The number of nitrogens with zero attached hydrogens (tertiary/aromatic N) is 3. The molecule has 0 amide bonds.